The number of morpholine rings is 1. The standard InChI is InChI=1S/C15H29N3O/c1-5-15(12-16,17-6-2)8-7-9-18-10-14(4)19-11-13(18)3/h13-14,17H,5-11H2,1-4H3. The molecule has 0 radical (unpaired) electrons. The van der Waals surface area contributed by atoms with E-state index in [0.717, 1.165) is 45.5 Å². The van der Waals surface area contributed by atoms with Crippen LogP contribution in [-0.2, 0) is 4.74 Å². The molecule has 1 aliphatic heterocycles. The van der Waals surface area contributed by atoms with Crippen LogP contribution < -0.4 is 5.32 Å². The predicted molar refractivity (Wildman–Crippen MR) is 78.0 cm³/mol. The first-order valence-electron chi connectivity index (χ1n) is 7.58. The molecule has 3 atom stereocenters. The highest BCUT2D eigenvalue weighted by Gasteiger charge is 2.28. The van der Waals surface area contributed by atoms with Crippen LogP contribution in [0.2, 0.25) is 0 Å². The second-order valence-corrected chi connectivity index (χ2v) is 5.67. The van der Waals surface area contributed by atoms with Crippen LogP contribution in [0, 0.1) is 11.3 Å². The van der Waals surface area contributed by atoms with E-state index in [1.807, 2.05) is 0 Å². The summed E-state index contributed by atoms with van der Waals surface area (Å²) in [5, 5.41) is 12.7. The minimum Gasteiger partial charge on any atom is -0.376 e. The number of nitrogens with zero attached hydrogens (tertiary/aromatic N) is 2. The van der Waals surface area contributed by atoms with Gasteiger partial charge in [0.1, 0.15) is 5.54 Å². The monoisotopic (exact) mass is 267 g/mol. The zero-order valence-electron chi connectivity index (χ0n) is 12.9. The second kappa shape index (κ2) is 7.84. The molecule has 0 bridgehead atoms. The number of ether oxygens (including phenoxy) is 1. The van der Waals surface area contributed by atoms with Crippen molar-refractivity contribution in [2.75, 3.05) is 26.2 Å². The van der Waals surface area contributed by atoms with Crippen molar-refractivity contribution in [1.29, 1.82) is 5.26 Å². The quantitative estimate of drug-likeness (QED) is 0.768. The van der Waals surface area contributed by atoms with Gasteiger partial charge in [-0.15, -0.1) is 0 Å². The number of nitrogens with one attached hydrogen (secondary N) is 1. The van der Waals surface area contributed by atoms with Gasteiger partial charge in [-0.1, -0.05) is 13.8 Å². The average Bonchev–Trinajstić information content (AvgIpc) is 2.41. The molecular weight excluding hydrogens is 238 g/mol. The van der Waals surface area contributed by atoms with Gasteiger partial charge in [0.2, 0.25) is 0 Å². The fourth-order valence-electron chi connectivity index (χ4n) is 2.77. The van der Waals surface area contributed by atoms with Crippen LogP contribution in [0.15, 0.2) is 0 Å². The number of rotatable bonds is 7. The van der Waals surface area contributed by atoms with Crippen molar-refractivity contribution >= 4 is 0 Å². The van der Waals surface area contributed by atoms with Crippen molar-refractivity contribution in [3.8, 4) is 6.07 Å². The molecule has 0 amide bonds. The summed E-state index contributed by atoms with van der Waals surface area (Å²) in [5.41, 5.74) is -0.337. The summed E-state index contributed by atoms with van der Waals surface area (Å²) >= 11 is 0. The minimum absolute atomic E-state index is 0.330. The molecule has 0 aliphatic carbocycles. The molecule has 3 unspecified atom stereocenters. The zero-order chi connectivity index (χ0) is 14.3. The third kappa shape index (κ3) is 4.76. The maximum absolute atomic E-state index is 9.39. The Kier molecular flexibility index (Phi) is 6.78. The largest absolute Gasteiger partial charge is 0.376 e. The fourth-order valence-corrected chi connectivity index (χ4v) is 2.77. The molecule has 0 spiro atoms. The molecule has 1 fully saturated rings. The summed E-state index contributed by atoms with van der Waals surface area (Å²) < 4.78 is 5.64. The summed E-state index contributed by atoms with van der Waals surface area (Å²) in [5.74, 6) is 0. The van der Waals surface area contributed by atoms with E-state index < -0.39 is 0 Å². The molecule has 1 N–H and O–H groups in total. The van der Waals surface area contributed by atoms with E-state index in [9.17, 15) is 5.26 Å². The minimum atomic E-state index is -0.337. The number of hydrogen-bond acceptors (Lipinski definition) is 4. The highest BCUT2D eigenvalue weighted by molar-refractivity contribution is 5.06. The van der Waals surface area contributed by atoms with Crippen LogP contribution in [0.25, 0.3) is 0 Å². The lowest BCUT2D eigenvalue weighted by atomic mass is 9.91. The van der Waals surface area contributed by atoms with Crippen LogP contribution in [0.4, 0.5) is 0 Å². The summed E-state index contributed by atoms with van der Waals surface area (Å²) in [6.07, 6.45) is 3.18. The molecular formula is C15H29N3O. The van der Waals surface area contributed by atoms with Gasteiger partial charge in [0.05, 0.1) is 18.8 Å². The smallest absolute Gasteiger partial charge is 0.106 e. The first kappa shape index (κ1) is 16.4. The van der Waals surface area contributed by atoms with Gasteiger partial charge in [-0.05, 0) is 46.2 Å². The summed E-state index contributed by atoms with van der Waals surface area (Å²) in [6, 6.07) is 2.96. The van der Waals surface area contributed by atoms with Gasteiger partial charge in [0.15, 0.2) is 0 Å². The lowest BCUT2D eigenvalue weighted by molar-refractivity contribution is -0.0499. The fraction of sp³-hybridized carbons (Fsp3) is 0.933. The molecule has 0 aromatic heterocycles. The summed E-state index contributed by atoms with van der Waals surface area (Å²) in [6.45, 7) is 12.2. The lowest BCUT2D eigenvalue weighted by Crippen LogP contribution is -2.48. The maximum Gasteiger partial charge on any atom is 0.106 e. The van der Waals surface area contributed by atoms with Gasteiger partial charge in [-0.3, -0.25) is 10.2 Å². The van der Waals surface area contributed by atoms with Gasteiger partial charge in [0.25, 0.3) is 0 Å². The molecule has 110 valence electrons. The van der Waals surface area contributed by atoms with Crippen LogP contribution in [0.5, 0.6) is 0 Å². The zero-order valence-corrected chi connectivity index (χ0v) is 12.9. The highest BCUT2D eigenvalue weighted by Crippen LogP contribution is 2.18. The van der Waals surface area contributed by atoms with Gasteiger partial charge in [-0.2, -0.15) is 5.26 Å². The Bertz CT molecular complexity index is 302. The molecule has 0 aromatic carbocycles. The Morgan fingerprint density at radius 1 is 1.42 bits per heavy atom. The van der Waals surface area contributed by atoms with E-state index in [2.05, 4.69) is 44.0 Å². The van der Waals surface area contributed by atoms with E-state index in [-0.39, 0.29) is 5.54 Å². The first-order valence-corrected chi connectivity index (χ1v) is 7.58. The third-order valence-electron chi connectivity index (χ3n) is 4.12. The topological polar surface area (TPSA) is 48.3 Å². The Hall–Kier alpha value is -0.630. The van der Waals surface area contributed by atoms with E-state index in [1.54, 1.807) is 0 Å². The van der Waals surface area contributed by atoms with E-state index in [0.29, 0.717) is 12.1 Å². The van der Waals surface area contributed by atoms with Crippen molar-refractivity contribution in [2.45, 2.75) is 64.6 Å². The third-order valence-corrected chi connectivity index (χ3v) is 4.12. The first-order chi connectivity index (χ1) is 9.06. The normalized spacial score (nSPS) is 27.7. The van der Waals surface area contributed by atoms with Gasteiger partial charge in [-0.25, -0.2) is 0 Å². The number of nitriles is 1. The Morgan fingerprint density at radius 2 is 2.16 bits per heavy atom. The Balaban J connectivity index is 2.41. The molecule has 0 saturated carbocycles. The average molecular weight is 267 g/mol. The van der Waals surface area contributed by atoms with Crippen molar-refractivity contribution < 1.29 is 4.74 Å². The SMILES string of the molecule is CCNC(C#N)(CC)CCCN1CC(C)OCC1C. The van der Waals surface area contributed by atoms with Crippen molar-refractivity contribution in [2.24, 2.45) is 0 Å². The van der Waals surface area contributed by atoms with Crippen molar-refractivity contribution in [3.63, 3.8) is 0 Å². The van der Waals surface area contributed by atoms with E-state index >= 15 is 0 Å². The molecule has 0 aromatic rings. The van der Waals surface area contributed by atoms with Gasteiger partial charge in [0, 0.05) is 12.6 Å². The molecule has 19 heavy (non-hydrogen) atoms. The predicted octanol–water partition coefficient (Wildman–Crippen LogP) is 2.16. The highest BCUT2D eigenvalue weighted by atomic mass is 16.5. The van der Waals surface area contributed by atoms with Crippen LogP contribution in [-0.4, -0.2) is 48.8 Å². The molecule has 1 aliphatic rings. The Labute approximate surface area is 118 Å². The van der Waals surface area contributed by atoms with Crippen molar-refractivity contribution in [1.82, 2.24) is 10.2 Å². The molecule has 1 heterocycles. The Morgan fingerprint density at radius 3 is 2.74 bits per heavy atom. The van der Waals surface area contributed by atoms with E-state index in [4.69, 9.17) is 4.74 Å². The number of hydrogen-bond donors (Lipinski definition) is 1. The molecule has 4 heteroatoms. The van der Waals surface area contributed by atoms with Crippen LogP contribution in [0.1, 0.15) is 47.0 Å². The maximum atomic E-state index is 9.39. The van der Waals surface area contributed by atoms with Crippen LogP contribution in [0.3, 0.4) is 0 Å². The van der Waals surface area contributed by atoms with E-state index in [1.165, 1.54) is 0 Å². The second-order valence-electron chi connectivity index (χ2n) is 5.67. The van der Waals surface area contributed by atoms with Gasteiger partial charge < -0.3 is 4.74 Å². The van der Waals surface area contributed by atoms with Crippen LogP contribution >= 0.6 is 0 Å². The summed E-state index contributed by atoms with van der Waals surface area (Å²) in [7, 11) is 0. The molecule has 1 saturated heterocycles. The molecule has 4 nitrogen and oxygen atoms in total. The lowest BCUT2D eigenvalue weighted by Gasteiger charge is -2.37. The van der Waals surface area contributed by atoms with Crippen molar-refractivity contribution in [3.05, 3.63) is 0 Å². The summed E-state index contributed by atoms with van der Waals surface area (Å²) in [4.78, 5) is 2.48. The molecule has 1 rings (SSSR count). The van der Waals surface area contributed by atoms with Gasteiger partial charge >= 0.3 is 0 Å².